The van der Waals surface area contributed by atoms with Crippen molar-refractivity contribution in [3.05, 3.63) is 28.3 Å². The highest BCUT2D eigenvalue weighted by molar-refractivity contribution is 5.57. The zero-order valence-corrected chi connectivity index (χ0v) is 11.7. The van der Waals surface area contributed by atoms with Crippen molar-refractivity contribution in [3.8, 4) is 11.5 Å². The van der Waals surface area contributed by atoms with E-state index in [1.54, 1.807) is 18.2 Å². The minimum atomic E-state index is -0.452. The summed E-state index contributed by atoms with van der Waals surface area (Å²) in [6.07, 6.45) is 1.58. The Labute approximate surface area is 118 Å². The summed E-state index contributed by atoms with van der Waals surface area (Å²) >= 11 is 0. The summed E-state index contributed by atoms with van der Waals surface area (Å²) in [5, 5.41) is 11.3. The van der Waals surface area contributed by atoms with Gasteiger partial charge in [0.15, 0.2) is 0 Å². The highest BCUT2D eigenvalue weighted by Crippen LogP contribution is 2.40. The highest BCUT2D eigenvalue weighted by atomic mass is 16.6. The Morgan fingerprint density at radius 1 is 1.40 bits per heavy atom. The minimum Gasteiger partial charge on any atom is -0.484 e. The number of ether oxygens (including phenoxy) is 2. The zero-order valence-electron chi connectivity index (χ0n) is 11.7. The van der Waals surface area contributed by atoms with Crippen LogP contribution in [0.1, 0.15) is 26.7 Å². The Kier molecular flexibility index (Phi) is 4.44. The third-order valence-corrected chi connectivity index (χ3v) is 3.33. The molecule has 0 atom stereocenters. The van der Waals surface area contributed by atoms with Gasteiger partial charge in [0, 0.05) is 0 Å². The second kappa shape index (κ2) is 6.09. The Bertz CT molecular complexity index is 484. The number of nitrogens with two attached hydrogens (primary N) is 1. The van der Waals surface area contributed by atoms with Crippen molar-refractivity contribution in [1.82, 2.24) is 0 Å². The number of rotatable bonds is 6. The van der Waals surface area contributed by atoms with Crippen LogP contribution < -0.4 is 15.2 Å². The van der Waals surface area contributed by atoms with E-state index in [0.29, 0.717) is 12.5 Å². The molecule has 0 amide bonds. The van der Waals surface area contributed by atoms with E-state index in [-0.39, 0.29) is 29.4 Å². The van der Waals surface area contributed by atoms with E-state index >= 15 is 0 Å². The Morgan fingerprint density at radius 2 is 2.05 bits per heavy atom. The van der Waals surface area contributed by atoms with Gasteiger partial charge in [0.05, 0.1) is 17.1 Å². The van der Waals surface area contributed by atoms with Crippen LogP contribution in [-0.2, 0) is 0 Å². The van der Waals surface area contributed by atoms with Crippen LogP contribution in [0.25, 0.3) is 0 Å². The normalized spacial score (nSPS) is 21.4. The fourth-order valence-electron chi connectivity index (χ4n) is 2.27. The Balaban J connectivity index is 2.17. The summed E-state index contributed by atoms with van der Waals surface area (Å²) < 4.78 is 11.2. The van der Waals surface area contributed by atoms with E-state index in [4.69, 9.17) is 15.2 Å². The standard InChI is InChI=1S/C14H20N2O4/c1-9(2)19-12-4-3-5-13(14(12)16(17)18)20-11-6-10(7-11)8-15/h3-5,9-11H,6-8,15H2,1-2H3. The van der Waals surface area contributed by atoms with Crippen LogP contribution in [0.3, 0.4) is 0 Å². The molecule has 0 radical (unpaired) electrons. The Morgan fingerprint density at radius 3 is 2.60 bits per heavy atom. The first-order valence-electron chi connectivity index (χ1n) is 6.82. The SMILES string of the molecule is CC(C)Oc1cccc(OC2CC(CN)C2)c1[N+](=O)[O-]. The topological polar surface area (TPSA) is 87.6 Å². The van der Waals surface area contributed by atoms with Crippen molar-refractivity contribution in [2.45, 2.75) is 38.9 Å². The van der Waals surface area contributed by atoms with Crippen LogP contribution in [-0.4, -0.2) is 23.7 Å². The molecule has 0 unspecified atom stereocenters. The summed E-state index contributed by atoms with van der Waals surface area (Å²) in [4.78, 5) is 10.8. The van der Waals surface area contributed by atoms with Crippen LogP contribution in [0.4, 0.5) is 5.69 Å². The molecule has 20 heavy (non-hydrogen) atoms. The number of para-hydroxylation sites is 1. The molecule has 0 saturated heterocycles. The molecule has 6 heteroatoms. The molecule has 0 heterocycles. The third kappa shape index (κ3) is 3.19. The number of nitro groups is 1. The predicted molar refractivity (Wildman–Crippen MR) is 75.1 cm³/mol. The molecule has 1 fully saturated rings. The smallest absolute Gasteiger partial charge is 0.352 e. The molecule has 0 aliphatic heterocycles. The number of hydrogen-bond acceptors (Lipinski definition) is 5. The Hall–Kier alpha value is -1.82. The van der Waals surface area contributed by atoms with E-state index in [2.05, 4.69) is 0 Å². The van der Waals surface area contributed by atoms with E-state index in [1.807, 2.05) is 13.8 Å². The predicted octanol–water partition coefficient (Wildman–Crippen LogP) is 2.50. The van der Waals surface area contributed by atoms with E-state index in [1.165, 1.54) is 0 Å². The second-order valence-electron chi connectivity index (χ2n) is 5.34. The molecule has 110 valence electrons. The van der Waals surface area contributed by atoms with E-state index in [0.717, 1.165) is 12.8 Å². The van der Waals surface area contributed by atoms with E-state index in [9.17, 15) is 10.1 Å². The fourth-order valence-corrected chi connectivity index (χ4v) is 2.27. The van der Waals surface area contributed by atoms with Crippen LogP contribution >= 0.6 is 0 Å². The van der Waals surface area contributed by atoms with Gasteiger partial charge in [-0.25, -0.2) is 0 Å². The van der Waals surface area contributed by atoms with Gasteiger partial charge >= 0.3 is 5.69 Å². The van der Waals surface area contributed by atoms with Gasteiger partial charge in [-0.05, 0) is 51.3 Å². The van der Waals surface area contributed by atoms with Gasteiger partial charge in [-0.2, -0.15) is 0 Å². The average molecular weight is 280 g/mol. The van der Waals surface area contributed by atoms with Crippen LogP contribution in [0.5, 0.6) is 11.5 Å². The van der Waals surface area contributed by atoms with Crippen LogP contribution in [0.2, 0.25) is 0 Å². The molecule has 2 rings (SSSR count). The van der Waals surface area contributed by atoms with Gasteiger partial charge in [-0.3, -0.25) is 10.1 Å². The lowest BCUT2D eigenvalue weighted by molar-refractivity contribution is -0.387. The number of benzene rings is 1. The quantitative estimate of drug-likeness (QED) is 0.639. The number of nitro benzene ring substituents is 1. The maximum Gasteiger partial charge on any atom is 0.352 e. The third-order valence-electron chi connectivity index (χ3n) is 3.33. The monoisotopic (exact) mass is 280 g/mol. The molecule has 0 aromatic heterocycles. The molecule has 1 saturated carbocycles. The van der Waals surface area contributed by atoms with Crippen LogP contribution in [0.15, 0.2) is 18.2 Å². The van der Waals surface area contributed by atoms with Crippen molar-refractivity contribution in [3.63, 3.8) is 0 Å². The largest absolute Gasteiger partial charge is 0.484 e. The summed E-state index contributed by atoms with van der Waals surface area (Å²) in [6, 6.07) is 4.91. The molecule has 6 nitrogen and oxygen atoms in total. The van der Waals surface area contributed by atoms with Crippen molar-refractivity contribution >= 4 is 5.69 Å². The minimum absolute atomic E-state index is 0.0107. The van der Waals surface area contributed by atoms with Gasteiger partial charge in [0.25, 0.3) is 0 Å². The molecule has 0 spiro atoms. The molecule has 1 aliphatic rings. The maximum absolute atomic E-state index is 11.3. The molecule has 0 bridgehead atoms. The van der Waals surface area contributed by atoms with Crippen molar-refractivity contribution in [2.75, 3.05) is 6.54 Å². The van der Waals surface area contributed by atoms with E-state index < -0.39 is 4.92 Å². The summed E-state index contributed by atoms with van der Waals surface area (Å²) in [5.74, 6) is 0.986. The summed E-state index contributed by atoms with van der Waals surface area (Å²) in [6.45, 7) is 4.29. The second-order valence-corrected chi connectivity index (χ2v) is 5.34. The molecule has 1 aliphatic carbocycles. The lowest BCUT2D eigenvalue weighted by Gasteiger charge is -2.34. The number of nitrogens with zero attached hydrogens (tertiary/aromatic N) is 1. The van der Waals surface area contributed by atoms with Gasteiger partial charge in [0.2, 0.25) is 11.5 Å². The van der Waals surface area contributed by atoms with Gasteiger partial charge in [0.1, 0.15) is 0 Å². The summed E-state index contributed by atoms with van der Waals surface area (Å²) in [5.41, 5.74) is 5.46. The number of hydrogen-bond donors (Lipinski definition) is 1. The van der Waals surface area contributed by atoms with Gasteiger partial charge < -0.3 is 15.2 Å². The van der Waals surface area contributed by atoms with Crippen molar-refractivity contribution in [2.24, 2.45) is 11.7 Å². The molecule has 1 aromatic rings. The molecule has 1 aromatic carbocycles. The van der Waals surface area contributed by atoms with Crippen LogP contribution in [0, 0.1) is 16.0 Å². The first kappa shape index (κ1) is 14.6. The fraction of sp³-hybridized carbons (Fsp3) is 0.571. The molecular formula is C14H20N2O4. The zero-order chi connectivity index (χ0) is 14.7. The first-order valence-corrected chi connectivity index (χ1v) is 6.82. The lowest BCUT2D eigenvalue weighted by Crippen LogP contribution is -2.37. The summed E-state index contributed by atoms with van der Waals surface area (Å²) in [7, 11) is 0. The molecule has 2 N–H and O–H groups in total. The van der Waals surface area contributed by atoms with Gasteiger partial charge in [-0.1, -0.05) is 6.07 Å². The van der Waals surface area contributed by atoms with Crippen molar-refractivity contribution in [1.29, 1.82) is 0 Å². The van der Waals surface area contributed by atoms with Crippen molar-refractivity contribution < 1.29 is 14.4 Å². The lowest BCUT2D eigenvalue weighted by atomic mass is 9.82. The first-order chi connectivity index (χ1) is 9.51. The average Bonchev–Trinajstić information content (AvgIpc) is 2.32. The van der Waals surface area contributed by atoms with Gasteiger partial charge in [-0.15, -0.1) is 0 Å². The maximum atomic E-state index is 11.3. The highest BCUT2D eigenvalue weighted by Gasteiger charge is 2.32. The molecular weight excluding hydrogens is 260 g/mol.